The van der Waals surface area contributed by atoms with Gasteiger partial charge in [0.05, 0.1) is 0 Å². The first-order chi connectivity index (χ1) is 5.72. The molecule has 0 amide bonds. The van der Waals surface area contributed by atoms with E-state index >= 15 is 0 Å². The molecule has 0 heterocycles. The minimum absolute atomic E-state index is 0.860. The van der Waals surface area contributed by atoms with Gasteiger partial charge in [0.2, 0.25) is 0 Å². The molecule has 0 radical (unpaired) electrons. The Morgan fingerprint density at radius 2 is 2.08 bits per heavy atom. The van der Waals surface area contributed by atoms with Crippen LogP contribution in [0.15, 0.2) is 11.6 Å². The van der Waals surface area contributed by atoms with Gasteiger partial charge in [-0.15, -0.1) is 0 Å². The predicted octanol–water partition coefficient (Wildman–Crippen LogP) is 4.17. The molecule has 0 aromatic rings. The van der Waals surface area contributed by atoms with Crippen LogP contribution in [0.25, 0.3) is 0 Å². The summed E-state index contributed by atoms with van der Waals surface area (Å²) in [6.45, 7) is 6.81. The van der Waals surface area contributed by atoms with Crippen molar-refractivity contribution in [1.29, 1.82) is 0 Å². The number of allylic oxidation sites excluding steroid dienone is 2. The Morgan fingerprint density at radius 1 is 1.42 bits per heavy atom. The minimum atomic E-state index is 0.860. The second-order valence-corrected chi connectivity index (χ2v) is 4.53. The maximum Gasteiger partial charge on any atom is -0.0292 e. The maximum absolute atomic E-state index is 2.33. The molecule has 1 rings (SSSR count). The van der Waals surface area contributed by atoms with Crippen LogP contribution in [-0.4, -0.2) is 0 Å². The van der Waals surface area contributed by atoms with Crippen LogP contribution in [0.2, 0.25) is 0 Å². The minimum Gasteiger partial charge on any atom is -0.0884 e. The van der Waals surface area contributed by atoms with Crippen molar-refractivity contribution in [2.75, 3.05) is 0 Å². The predicted molar refractivity (Wildman–Crippen MR) is 55.2 cm³/mol. The van der Waals surface area contributed by atoms with E-state index in [0.29, 0.717) is 0 Å². The molecule has 12 heavy (non-hydrogen) atoms. The molecule has 0 atom stereocenters. The zero-order valence-corrected chi connectivity index (χ0v) is 8.77. The van der Waals surface area contributed by atoms with Gasteiger partial charge in [-0.3, -0.25) is 0 Å². The van der Waals surface area contributed by atoms with E-state index in [4.69, 9.17) is 0 Å². The van der Waals surface area contributed by atoms with Crippen molar-refractivity contribution in [2.24, 2.45) is 11.8 Å². The highest BCUT2D eigenvalue weighted by molar-refractivity contribution is 5.03. The van der Waals surface area contributed by atoms with E-state index in [9.17, 15) is 0 Å². The smallest absolute Gasteiger partial charge is 0.0292 e. The summed E-state index contributed by atoms with van der Waals surface area (Å²) in [5, 5.41) is 0. The fourth-order valence-corrected chi connectivity index (χ4v) is 1.53. The molecule has 1 aliphatic rings. The molecule has 1 saturated carbocycles. The lowest BCUT2D eigenvalue weighted by Gasteiger charge is -2.07. The Balaban J connectivity index is 2.16. The molecule has 0 aliphatic heterocycles. The number of hydrogen-bond donors (Lipinski definition) is 0. The highest BCUT2D eigenvalue weighted by atomic mass is 14.3. The molecule has 1 fully saturated rings. The molecule has 1 aliphatic carbocycles. The van der Waals surface area contributed by atoms with Gasteiger partial charge in [0.25, 0.3) is 0 Å². The molecular formula is C12H22. The second kappa shape index (κ2) is 4.69. The molecule has 0 N–H and O–H groups in total. The van der Waals surface area contributed by atoms with E-state index in [1.165, 1.54) is 32.1 Å². The summed E-state index contributed by atoms with van der Waals surface area (Å²) in [7, 11) is 0. The SMILES string of the molecule is C/C=C(/CCC(C)C)CC1CC1. The fraction of sp³-hybridized carbons (Fsp3) is 0.833. The van der Waals surface area contributed by atoms with Crippen LogP contribution >= 0.6 is 0 Å². The molecule has 0 saturated heterocycles. The van der Waals surface area contributed by atoms with Crippen molar-refractivity contribution in [3.63, 3.8) is 0 Å². The lowest BCUT2D eigenvalue weighted by atomic mass is 9.99. The van der Waals surface area contributed by atoms with Crippen LogP contribution in [-0.2, 0) is 0 Å². The van der Waals surface area contributed by atoms with Gasteiger partial charge in [0.15, 0.2) is 0 Å². The summed E-state index contributed by atoms with van der Waals surface area (Å²) in [5.41, 5.74) is 1.70. The second-order valence-electron chi connectivity index (χ2n) is 4.53. The van der Waals surface area contributed by atoms with Crippen LogP contribution in [0, 0.1) is 11.8 Å². The topological polar surface area (TPSA) is 0 Å². The summed E-state index contributed by atoms with van der Waals surface area (Å²) in [5.74, 6) is 1.92. The number of rotatable bonds is 5. The van der Waals surface area contributed by atoms with E-state index in [2.05, 4.69) is 26.8 Å². The van der Waals surface area contributed by atoms with Gasteiger partial charge in [-0.2, -0.15) is 0 Å². The molecule has 0 spiro atoms. The Kier molecular flexibility index (Phi) is 3.84. The van der Waals surface area contributed by atoms with Gasteiger partial charge >= 0.3 is 0 Å². The molecule has 0 bridgehead atoms. The van der Waals surface area contributed by atoms with Crippen LogP contribution in [0.4, 0.5) is 0 Å². The lowest BCUT2D eigenvalue weighted by molar-refractivity contribution is 0.572. The van der Waals surface area contributed by atoms with Gasteiger partial charge in [0, 0.05) is 0 Å². The highest BCUT2D eigenvalue weighted by Gasteiger charge is 2.21. The van der Waals surface area contributed by atoms with E-state index < -0.39 is 0 Å². The van der Waals surface area contributed by atoms with Gasteiger partial charge < -0.3 is 0 Å². The third kappa shape index (κ3) is 3.94. The third-order valence-electron chi connectivity index (χ3n) is 2.70. The van der Waals surface area contributed by atoms with Crippen molar-refractivity contribution in [3.05, 3.63) is 11.6 Å². The van der Waals surface area contributed by atoms with Crippen LogP contribution < -0.4 is 0 Å². The van der Waals surface area contributed by atoms with Crippen molar-refractivity contribution in [1.82, 2.24) is 0 Å². The summed E-state index contributed by atoms with van der Waals surface area (Å²) < 4.78 is 0. The van der Waals surface area contributed by atoms with Crippen LogP contribution in [0.3, 0.4) is 0 Å². The monoisotopic (exact) mass is 166 g/mol. The Morgan fingerprint density at radius 3 is 2.50 bits per heavy atom. The summed E-state index contributed by atoms with van der Waals surface area (Å²) in [4.78, 5) is 0. The maximum atomic E-state index is 2.33. The van der Waals surface area contributed by atoms with Crippen LogP contribution in [0.1, 0.15) is 52.9 Å². The van der Waals surface area contributed by atoms with Crippen molar-refractivity contribution in [3.8, 4) is 0 Å². The first-order valence-electron chi connectivity index (χ1n) is 5.36. The average Bonchev–Trinajstić information content (AvgIpc) is 2.81. The van der Waals surface area contributed by atoms with Crippen LogP contribution in [0.5, 0.6) is 0 Å². The van der Waals surface area contributed by atoms with Crippen molar-refractivity contribution < 1.29 is 0 Å². The number of hydrogen-bond acceptors (Lipinski definition) is 0. The van der Waals surface area contributed by atoms with E-state index in [-0.39, 0.29) is 0 Å². The summed E-state index contributed by atoms with van der Waals surface area (Å²) >= 11 is 0. The quantitative estimate of drug-likeness (QED) is 0.538. The first kappa shape index (κ1) is 9.83. The zero-order chi connectivity index (χ0) is 8.97. The van der Waals surface area contributed by atoms with Gasteiger partial charge in [-0.25, -0.2) is 0 Å². The molecule has 70 valence electrons. The first-order valence-corrected chi connectivity index (χ1v) is 5.36. The highest BCUT2D eigenvalue weighted by Crippen LogP contribution is 2.36. The lowest BCUT2D eigenvalue weighted by Crippen LogP contribution is -1.91. The van der Waals surface area contributed by atoms with Gasteiger partial charge in [0.1, 0.15) is 0 Å². The summed E-state index contributed by atoms with van der Waals surface area (Å²) in [6, 6.07) is 0. The Hall–Kier alpha value is -0.260. The van der Waals surface area contributed by atoms with E-state index in [1.54, 1.807) is 5.57 Å². The molecular weight excluding hydrogens is 144 g/mol. The standard InChI is InChI=1S/C12H22/c1-4-11(6-5-10(2)3)9-12-7-8-12/h4,10,12H,5-9H2,1-3H3/b11-4-. The van der Waals surface area contributed by atoms with Gasteiger partial charge in [-0.1, -0.05) is 25.5 Å². The molecule has 0 aromatic carbocycles. The largest absolute Gasteiger partial charge is 0.0884 e. The van der Waals surface area contributed by atoms with Crippen molar-refractivity contribution in [2.45, 2.75) is 52.9 Å². The van der Waals surface area contributed by atoms with E-state index in [1.807, 2.05) is 0 Å². The Labute approximate surface area is 77.1 Å². The third-order valence-corrected chi connectivity index (χ3v) is 2.70. The van der Waals surface area contributed by atoms with Gasteiger partial charge in [-0.05, 0) is 50.9 Å². The van der Waals surface area contributed by atoms with Crippen molar-refractivity contribution >= 4 is 0 Å². The Bertz CT molecular complexity index is 149. The summed E-state index contributed by atoms with van der Waals surface area (Å²) in [6.07, 6.45) is 9.40. The normalized spacial score (nSPS) is 18.8. The average molecular weight is 166 g/mol. The molecule has 0 nitrogen and oxygen atoms in total. The molecule has 0 heteroatoms. The fourth-order valence-electron chi connectivity index (χ4n) is 1.53. The van der Waals surface area contributed by atoms with E-state index in [0.717, 1.165) is 11.8 Å². The zero-order valence-electron chi connectivity index (χ0n) is 8.77. The molecule has 0 unspecified atom stereocenters. The molecule has 0 aromatic heterocycles.